The molecule has 0 atom stereocenters. The van der Waals surface area contributed by atoms with Gasteiger partial charge in [-0.25, -0.2) is 0 Å². The molecular weight excluding hydrogens is 106 g/mol. The second-order valence-corrected chi connectivity index (χ2v) is 2.07. The smallest absolute Gasteiger partial charge is 0.0111 e. The van der Waals surface area contributed by atoms with Gasteiger partial charge < -0.3 is 5.73 Å². The van der Waals surface area contributed by atoms with Crippen LogP contribution in [0.25, 0.3) is 0 Å². The van der Waals surface area contributed by atoms with Crippen molar-refractivity contribution in [2.45, 2.75) is 0 Å². The number of hydrogen-bond acceptors (Lipinski definition) is 2. The van der Waals surface area contributed by atoms with E-state index in [2.05, 4.69) is 12.3 Å². The lowest BCUT2D eigenvalue weighted by molar-refractivity contribution is 1.25. The van der Waals surface area contributed by atoms with Crippen molar-refractivity contribution < 1.29 is 0 Å². The van der Waals surface area contributed by atoms with E-state index in [0.717, 1.165) is 5.75 Å². The molecule has 0 unspecified atom stereocenters. The van der Waals surface area contributed by atoms with E-state index in [-0.39, 0.29) is 0 Å². The van der Waals surface area contributed by atoms with Gasteiger partial charge in [-0.15, -0.1) is 0 Å². The molecular formula is C5H11NS. The Kier molecular flexibility index (Phi) is 6.09. The first-order valence-electron chi connectivity index (χ1n) is 2.26. The molecule has 1 nitrogen and oxygen atoms in total. The van der Waals surface area contributed by atoms with Gasteiger partial charge >= 0.3 is 0 Å². The van der Waals surface area contributed by atoms with Crippen LogP contribution >= 0.6 is 11.8 Å². The summed E-state index contributed by atoms with van der Waals surface area (Å²) in [7, 11) is 0. The molecule has 0 aliphatic rings. The minimum Gasteiger partial charge on any atom is -0.327 e. The monoisotopic (exact) mass is 117 g/mol. The quantitative estimate of drug-likeness (QED) is 0.555. The first-order valence-corrected chi connectivity index (χ1v) is 3.65. The molecule has 0 aliphatic heterocycles. The van der Waals surface area contributed by atoms with Crippen LogP contribution in [0.1, 0.15) is 0 Å². The van der Waals surface area contributed by atoms with Crippen LogP contribution in [0.4, 0.5) is 0 Å². The number of hydrogen-bond donors (Lipinski definition) is 1. The fourth-order valence-corrected chi connectivity index (χ4v) is 0.589. The summed E-state index contributed by atoms with van der Waals surface area (Å²) in [5, 5.41) is 0. The molecule has 0 saturated heterocycles. The molecule has 0 fully saturated rings. The molecule has 0 bridgehead atoms. The molecule has 0 aliphatic carbocycles. The summed E-state index contributed by atoms with van der Waals surface area (Å²) in [6, 6.07) is 0. The molecule has 0 radical (unpaired) electrons. The number of nitrogens with two attached hydrogens (primary N) is 1. The van der Waals surface area contributed by atoms with E-state index in [9.17, 15) is 0 Å². The molecule has 0 aromatic rings. The van der Waals surface area contributed by atoms with Crippen LogP contribution in [0.15, 0.2) is 12.2 Å². The van der Waals surface area contributed by atoms with Crippen molar-refractivity contribution >= 4 is 11.8 Å². The summed E-state index contributed by atoms with van der Waals surface area (Å²) in [5.41, 5.74) is 5.17. The summed E-state index contributed by atoms with van der Waals surface area (Å²) >= 11 is 1.80. The van der Waals surface area contributed by atoms with E-state index in [0.29, 0.717) is 6.54 Å². The maximum Gasteiger partial charge on any atom is 0.0111 e. The molecule has 2 heteroatoms. The maximum absolute atomic E-state index is 5.17. The van der Waals surface area contributed by atoms with E-state index >= 15 is 0 Å². The largest absolute Gasteiger partial charge is 0.327 e. The third-order valence-electron chi connectivity index (χ3n) is 0.566. The third-order valence-corrected chi connectivity index (χ3v) is 1.09. The highest BCUT2D eigenvalue weighted by Crippen LogP contribution is 1.89. The van der Waals surface area contributed by atoms with Crippen molar-refractivity contribution in [2.75, 3.05) is 18.6 Å². The van der Waals surface area contributed by atoms with Crippen molar-refractivity contribution in [3.8, 4) is 0 Å². The van der Waals surface area contributed by atoms with E-state index in [1.165, 1.54) is 0 Å². The molecule has 2 N–H and O–H groups in total. The predicted octanol–water partition coefficient (Wildman–Crippen LogP) is 0.864. The van der Waals surface area contributed by atoms with E-state index in [4.69, 9.17) is 5.73 Å². The first kappa shape index (κ1) is 7.05. The van der Waals surface area contributed by atoms with Crippen molar-refractivity contribution in [3.63, 3.8) is 0 Å². The Balaban J connectivity index is 2.78. The number of rotatable bonds is 3. The highest BCUT2D eigenvalue weighted by Gasteiger charge is 1.67. The minimum absolute atomic E-state index is 0.667. The van der Waals surface area contributed by atoms with Gasteiger partial charge in [0, 0.05) is 12.3 Å². The van der Waals surface area contributed by atoms with Crippen LogP contribution < -0.4 is 5.73 Å². The zero-order chi connectivity index (χ0) is 5.54. The summed E-state index contributed by atoms with van der Waals surface area (Å²) in [6.07, 6.45) is 6.11. The molecule has 0 spiro atoms. The van der Waals surface area contributed by atoms with Crippen molar-refractivity contribution in [1.29, 1.82) is 0 Å². The highest BCUT2D eigenvalue weighted by molar-refractivity contribution is 7.98. The Morgan fingerprint density at radius 1 is 1.57 bits per heavy atom. The minimum atomic E-state index is 0.667. The molecule has 0 heterocycles. The zero-order valence-electron chi connectivity index (χ0n) is 4.55. The second-order valence-electron chi connectivity index (χ2n) is 1.16. The van der Waals surface area contributed by atoms with Gasteiger partial charge in [0.25, 0.3) is 0 Å². The van der Waals surface area contributed by atoms with Crippen LogP contribution in [0.2, 0.25) is 0 Å². The van der Waals surface area contributed by atoms with Crippen LogP contribution in [0.5, 0.6) is 0 Å². The van der Waals surface area contributed by atoms with Crippen LogP contribution in [0.3, 0.4) is 0 Å². The first-order chi connectivity index (χ1) is 3.41. The molecule has 42 valence electrons. The van der Waals surface area contributed by atoms with Gasteiger partial charge in [0.1, 0.15) is 0 Å². The van der Waals surface area contributed by atoms with Gasteiger partial charge in [-0.2, -0.15) is 11.8 Å². The Hall–Kier alpha value is 0.0500. The Morgan fingerprint density at radius 2 is 2.29 bits per heavy atom. The fourth-order valence-electron chi connectivity index (χ4n) is 0.260. The summed E-state index contributed by atoms with van der Waals surface area (Å²) in [4.78, 5) is 0. The lowest BCUT2D eigenvalue weighted by Crippen LogP contribution is -1.92. The highest BCUT2D eigenvalue weighted by atomic mass is 32.2. The topological polar surface area (TPSA) is 26.0 Å². The normalized spacial score (nSPS) is 10.6. The van der Waals surface area contributed by atoms with Gasteiger partial charge in [0.05, 0.1) is 0 Å². The molecule has 0 saturated carbocycles. The third kappa shape index (κ3) is 6.05. The van der Waals surface area contributed by atoms with Crippen LogP contribution in [-0.2, 0) is 0 Å². The average molecular weight is 117 g/mol. The molecule has 0 amide bonds. The Labute approximate surface area is 49.0 Å². The molecule has 7 heavy (non-hydrogen) atoms. The Morgan fingerprint density at radius 3 is 2.71 bits per heavy atom. The maximum atomic E-state index is 5.17. The fraction of sp³-hybridized carbons (Fsp3) is 0.600. The molecule has 0 aromatic heterocycles. The van der Waals surface area contributed by atoms with Gasteiger partial charge in [0.15, 0.2) is 0 Å². The van der Waals surface area contributed by atoms with Crippen molar-refractivity contribution in [3.05, 3.63) is 12.2 Å². The average Bonchev–Trinajstić information content (AvgIpc) is 1.69. The number of thioether (sulfide) groups is 1. The van der Waals surface area contributed by atoms with Crippen LogP contribution in [-0.4, -0.2) is 18.6 Å². The lowest BCUT2D eigenvalue weighted by atomic mass is 10.5. The van der Waals surface area contributed by atoms with Gasteiger partial charge in [-0.3, -0.25) is 0 Å². The van der Waals surface area contributed by atoms with Gasteiger partial charge in [-0.05, 0) is 6.26 Å². The van der Waals surface area contributed by atoms with E-state index < -0.39 is 0 Å². The Bertz CT molecular complexity index is 52.0. The van der Waals surface area contributed by atoms with Crippen molar-refractivity contribution in [2.24, 2.45) is 5.73 Å². The molecule has 0 rings (SSSR count). The van der Waals surface area contributed by atoms with Gasteiger partial charge in [0.2, 0.25) is 0 Å². The molecule has 0 aromatic carbocycles. The van der Waals surface area contributed by atoms with E-state index in [1.54, 1.807) is 11.8 Å². The summed E-state index contributed by atoms with van der Waals surface area (Å²) in [5.74, 6) is 1.08. The second kappa shape index (κ2) is 6.05. The van der Waals surface area contributed by atoms with E-state index in [1.807, 2.05) is 6.08 Å². The van der Waals surface area contributed by atoms with Gasteiger partial charge in [-0.1, -0.05) is 12.2 Å². The van der Waals surface area contributed by atoms with Crippen molar-refractivity contribution in [1.82, 2.24) is 0 Å². The summed E-state index contributed by atoms with van der Waals surface area (Å²) in [6.45, 7) is 0.667. The lowest BCUT2D eigenvalue weighted by Gasteiger charge is -1.80. The summed E-state index contributed by atoms with van der Waals surface area (Å²) < 4.78 is 0. The predicted molar refractivity (Wildman–Crippen MR) is 36.6 cm³/mol. The zero-order valence-corrected chi connectivity index (χ0v) is 5.37. The standard InChI is InChI=1S/C5H11NS/c1-7-5-3-2-4-6/h2-3H,4-6H2,1H3/b3-2+. The SMILES string of the molecule is CSC/C=C/CN. The van der Waals surface area contributed by atoms with Crippen LogP contribution in [0, 0.1) is 0 Å².